The van der Waals surface area contributed by atoms with E-state index < -0.39 is 11.8 Å². The molecule has 0 radical (unpaired) electrons. The quantitative estimate of drug-likeness (QED) is 0.733. The number of rotatable bonds is 2. The number of nitrogens with one attached hydrogen (secondary N) is 2. The maximum absolute atomic E-state index is 13.6. The van der Waals surface area contributed by atoms with Gasteiger partial charge in [0.05, 0.1) is 17.3 Å². The first kappa shape index (κ1) is 13.4. The summed E-state index contributed by atoms with van der Waals surface area (Å²) in [5, 5.41) is 13.5. The van der Waals surface area contributed by atoms with Crippen LogP contribution in [0, 0.1) is 17.1 Å². The van der Waals surface area contributed by atoms with Gasteiger partial charge in [0.2, 0.25) is 0 Å². The molecule has 4 N–H and O–H groups in total. The lowest BCUT2D eigenvalue weighted by Crippen LogP contribution is -2.20. The van der Waals surface area contributed by atoms with Gasteiger partial charge < -0.3 is 16.4 Å². The molecule has 6 heteroatoms. The van der Waals surface area contributed by atoms with Crippen molar-refractivity contribution in [1.82, 2.24) is 0 Å². The van der Waals surface area contributed by atoms with Crippen LogP contribution in [0.3, 0.4) is 0 Å². The molecule has 0 heterocycles. The fourth-order valence-corrected chi connectivity index (χ4v) is 1.54. The zero-order valence-electron chi connectivity index (χ0n) is 10.4. The Morgan fingerprint density at radius 3 is 2.45 bits per heavy atom. The third kappa shape index (κ3) is 3.23. The highest BCUT2D eigenvalue weighted by Crippen LogP contribution is 2.16. The van der Waals surface area contributed by atoms with Gasteiger partial charge in [0, 0.05) is 11.4 Å². The molecule has 2 aromatic rings. The van der Waals surface area contributed by atoms with Crippen molar-refractivity contribution >= 4 is 23.1 Å². The Balaban J connectivity index is 2.05. The first-order chi connectivity index (χ1) is 9.58. The first-order valence-corrected chi connectivity index (χ1v) is 5.71. The molecule has 0 aliphatic rings. The van der Waals surface area contributed by atoms with Crippen molar-refractivity contribution in [3.05, 3.63) is 53.8 Å². The predicted octanol–water partition coefficient (Wildman–Crippen LogP) is 2.92. The van der Waals surface area contributed by atoms with Gasteiger partial charge in [0.15, 0.2) is 0 Å². The van der Waals surface area contributed by atoms with Gasteiger partial charge in [-0.3, -0.25) is 0 Å². The van der Waals surface area contributed by atoms with Crippen molar-refractivity contribution in [2.24, 2.45) is 0 Å². The minimum absolute atomic E-state index is 0.00283. The largest absolute Gasteiger partial charge is 0.399 e. The summed E-state index contributed by atoms with van der Waals surface area (Å²) >= 11 is 0. The summed E-state index contributed by atoms with van der Waals surface area (Å²) < 4.78 is 13.6. The van der Waals surface area contributed by atoms with Gasteiger partial charge in [-0.05, 0) is 42.5 Å². The molecule has 0 atom stereocenters. The summed E-state index contributed by atoms with van der Waals surface area (Å²) in [5.41, 5.74) is 6.82. The molecule has 2 rings (SSSR count). The number of carbonyl (C=O) groups is 1. The van der Waals surface area contributed by atoms with Gasteiger partial charge in [0.1, 0.15) is 5.82 Å². The van der Waals surface area contributed by atoms with Crippen molar-refractivity contribution in [3.63, 3.8) is 0 Å². The summed E-state index contributed by atoms with van der Waals surface area (Å²) in [5.74, 6) is -0.670. The number of hydrogen-bond acceptors (Lipinski definition) is 3. The lowest BCUT2D eigenvalue weighted by molar-refractivity contribution is 0.262. The van der Waals surface area contributed by atoms with Crippen LogP contribution in [0.4, 0.5) is 26.2 Å². The van der Waals surface area contributed by atoms with Gasteiger partial charge in [-0.1, -0.05) is 0 Å². The number of hydrogen-bond donors (Lipinski definition) is 3. The Bertz CT molecular complexity index is 677. The number of nitrogen functional groups attached to an aromatic ring is 1. The highest BCUT2D eigenvalue weighted by molar-refractivity contribution is 5.99. The maximum Gasteiger partial charge on any atom is 0.323 e. The molecule has 0 bridgehead atoms. The number of carbonyl (C=O) groups excluding carboxylic acids is 1. The van der Waals surface area contributed by atoms with Crippen LogP contribution in [0.5, 0.6) is 0 Å². The molecule has 0 saturated heterocycles. The maximum atomic E-state index is 13.6. The summed E-state index contributed by atoms with van der Waals surface area (Å²) in [6.07, 6.45) is 0. The van der Waals surface area contributed by atoms with Crippen LogP contribution in [0.1, 0.15) is 5.56 Å². The van der Waals surface area contributed by atoms with E-state index in [-0.39, 0.29) is 11.3 Å². The minimum atomic E-state index is -0.670. The molecule has 20 heavy (non-hydrogen) atoms. The van der Waals surface area contributed by atoms with E-state index in [1.165, 1.54) is 12.1 Å². The number of amides is 2. The van der Waals surface area contributed by atoms with Crippen LogP contribution >= 0.6 is 0 Å². The summed E-state index contributed by atoms with van der Waals surface area (Å²) in [6, 6.07) is 11.6. The second kappa shape index (κ2) is 5.71. The SMILES string of the molecule is N#Cc1ccc(NC(=O)Nc2ccc(N)cc2)c(F)c1. The highest BCUT2D eigenvalue weighted by atomic mass is 19.1. The van der Waals surface area contributed by atoms with Crippen molar-refractivity contribution in [2.45, 2.75) is 0 Å². The lowest BCUT2D eigenvalue weighted by Gasteiger charge is -2.08. The lowest BCUT2D eigenvalue weighted by atomic mass is 10.2. The number of nitriles is 1. The smallest absolute Gasteiger partial charge is 0.323 e. The van der Waals surface area contributed by atoms with Crippen LogP contribution in [0.2, 0.25) is 0 Å². The van der Waals surface area contributed by atoms with Gasteiger partial charge in [-0.25, -0.2) is 9.18 Å². The number of benzene rings is 2. The predicted molar refractivity (Wildman–Crippen MR) is 74.6 cm³/mol. The number of nitrogens with two attached hydrogens (primary N) is 1. The minimum Gasteiger partial charge on any atom is -0.399 e. The molecule has 0 saturated carbocycles. The van der Waals surface area contributed by atoms with Crippen molar-refractivity contribution in [3.8, 4) is 6.07 Å². The van der Waals surface area contributed by atoms with E-state index in [2.05, 4.69) is 10.6 Å². The number of nitrogens with zero attached hydrogens (tertiary/aromatic N) is 1. The molecular weight excluding hydrogens is 259 g/mol. The fraction of sp³-hybridized carbons (Fsp3) is 0. The van der Waals surface area contributed by atoms with E-state index in [1.807, 2.05) is 6.07 Å². The number of urea groups is 1. The Morgan fingerprint density at radius 1 is 1.15 bits per heavy atom. The van der Waals surface area contributed by atoms with Crippen LogP contribution in [0.15, 0.2) is 42.5 Å². The van der Waals surface area contributed by atoms with Crippen molar-refractivity contribution < 1.29 is 9.18 Å². The summed E-state index contributed by atoms with van der Waals surface area (Å²) in [6.45, 7) is 0. The second-order valence-corrected chi connectivity index (χ2v) is 4.01. The van der Waals surface area contributed by atoms with E-state index in [0.29, 0.717) is 11.4 Å². The molecule has 5 nitrogen and oxygen atoms in total. The Labute approximate surface area is 114 Å². The molecule has 0 aromatic heterocycles. The third-order valence-corrected chi connectivity index (χ3v) is 2.51. The average molecular weight is 270 g/mol. The molecule has 0 aliphatic heterocycles. The number of halogens is 1. The first-order valence-electron chi connectivity index (χ1n) is 5.71. The highest BCUT2D eigenvalue weighted by Gasteiger charge is 2.07. The fourth-order valence-electron chi connectivity index (χ4n) is 1.54. The molecule has 100 valence electrons. The molecule has 2 aromatic carbocycles. The summed E-state index contributed by atoms with van der Waals surface area (Å²) in [4.78, 5) is 11.7. The normalized spacial score (nSPS) is 9.60. The topological polar surface area (TPSA) is 90.9 Å². The van der Waals surface area contributed by atoms with Crippen LogP contribution in [-0.2, 0) is 0 Å². The third-order valence-electron chi connectivity index (χ3n) is 2.51. The zero-order valence-corrected chi connectivity index (χ0v) is 10.4. The van der Waals surface area contributed by atoms with Gasteiger partial charge >= 0.3 is 6.03 Å². The molecule has 0 spiro atoms. The van der Waals surface area contributed by atoms with Gasteiger partial charge in [0.25, 0.3) is 0 Å². The molecule has 0 unspecified atom stereocenters. The van der Waals surface area contributed by atoms with Crippen LogP contribution in [0.25, 0.3) is 0 Å². The number of anilines is 3. The Hall–Kier alpha value is -3.07. The average Bonchev–Trinajstić information content (AvgIpc) is 2.43. The van der Waals surface area contributed by atoms with Crippen molar-refractivity contribution in [2.75, 3.05) is 16.4 Å². The molecular formula is C14H11FN4O. The summed E-state index contributed by atoms with van der Waals surface area (Å²) in [7, 11) is 0. The van der Waals surface area contributed by atoms with Crippen molar-refractivity contribution in [1.29, 1.82) is 5.26 Å². The molecule has 0 aliphatic carbocycles. The standard InChI is InChI=1S/C14H11FN4O/c15-12-7-9(8-16)1-6-13(12)19-14(20)18-11-4-2-10(17)3-5-11/h1-7H,17H2,(H2,18,19,20). The van der Waals surface area contributed by atoms with Crippen LogP contribution < -0.4 is 16.4 Å². The Morgan fingerprint density at radius 2 is 1.85 bits per heavy atom. The van der Waals surface area contributed by atoms with Gasteiger partial charge in [-0.15, -0.1) is 0 Å². The van der Waals surface area contributed by atoms with Crippen LogP contribution in [-0.4, -0.2) is 6.03 Å². The monoisotopic (exact) mass is 270 g/mol. The molecule has 2 amide bonds. The van der Waals surface area contributed by atoms with E-state index in [9.17, 15) is 9.18 Å². The Kier molecular flexibility index (Phi) is 3.82. The van der Waals surface area contributed by atoms with E-state index >= 15 is 0 Å². The molecule has 0 fully saturated rings. The van der Waals surface area contributed by atoms with E-state index in [0.717, 1.165) is 6.07 Å². The zero-order chi connectivity index (χ0) is 14.5. The second-order valence-electron chi connectivity index (χ2n) is 4.01. The van der Waals surface area contributed by atoms with Gasteiger partial charge in [-0.2, -0.15) is 5.26 Å². The van der Waals surface area contributed by atoms with E-state index in [4.69, 9.17) is 11.0 Å². The van der Waals surface area contributed by atoms with E-state index in [1.54, 1.807) is 24.3 Å².